The number of hydrogen-bond donors (Lipinski definition) is 0. The maximum absolute atomic E-state index is 6.33. The van der Waals surface area contributed by atoms with Crippen molar-refractivity contribution in [1.29, 1.82) is 0 Å². The zero-order valence-corrected chi connectivity index (χ0v) is 53.6. The van der Waals surface area contributed by atoms with Crippen molar-refractivity contribution in [3.8, 4) is 44.5 Å². The van der Waals surface area contributed by atoms with E-state index < -0.39 is 0 Å². The SMILES string of the molecule is CC(C)c1cccc2c1oc1c(-c3ccccc3)ccnc12.Cc1cccc(-c2cccc3c2oc2c(C(C)C)ccnc23)c1.Cc1cccc(-c2cccc3c2oc2c(C(C)C)cncc23)c1.Cc1cccc(-c2cccc3c2oc2c(C(C)C)nccc23)c1. The van der Waals surface area contributed by atoms with Crippen molar-refractivity contribution in [2.75, 3.05) is 0 Å². The molecule has 0 radical (unpaired) electrons. The van der Waals surface area contributed by atoms with E-state index in [9.17, 15) is 0 Å². The molecule has 0 atom stereocenters. The second-order valence-corrected chi connectivity index (χ2v) is 25.1. The van der Waals surface area contributed by atoms with E-state index in [1.165, 1.54) is 44.5 Å². The summed E-state index contributed by atoms with van der Waals surface area (Å²) in [4.78, 5) is 18.1. The van der Waals surface area contributed by atoms with Crippen molar-refractivity contribution >= 4 is 88.0 Å². The van der Waals surface area contributed by atoms with Crippen LogP contribution in [-0.2, 0) is 0 Å². The largest absolute Gasteiger partial charge is 0.455 e. The van der Waals surface area contributed by atoms with Gasteiger partial charge in [0.25, 0.3) is 0 Å². The predicted molar refractivity (Wildman–Crippen MR) is 378 cm³/mol. The summed E-state index contributed by atoms with van der Waals surface area (Å²) in [7, 11) is 0. The minimum atomic E-state index is 0.335. The van der Waals surface area contributed by atoms with Crippen LogP contribution >= 0.6 is 0 Å². The van der Waals surface area contributed by atoms with Gasteiger partial charge in [0, 0.05) is 96.7 Å². The van der Waals surface area contributed by atoms with Crippen LogP contribution < -0.4 is 0 Å². The fourth-order valence-corrected chi connectivity index (χ4v) is 12.6. The first kappa shape index (κ1) is 59.5. The van der Waals surface area contributed by atoms with Gasteiger partial charge >= 0.3 is 0 Å². The Morgan fingerprint density at radius 1 is 0.275 bits per heavy atom. The molecule has 0 aliphatic carbocycles. The minimum absolute atomic E-state index is 0.335. The smallest absolute Gasteiger partial charge is 0.161 e. The summed E-state index contributed by atoms with van der Waals surface area (Å²) in [6.07, 6.45) is 9.45. The van der Waals surface area contributed by atoms with E-state index in [1.807, 2.05) is 61.3 Å². The molecule has 0 bridgehead atoms. The summed E-state index contributed by atoms with van der Waals surface area (Å²) in [5.41, 5.74) is 26.9. The molecule has 0 amide bonds. The van der Waals surface area contributed by atoms with E-state index in [0.717, 1.165) is 127 Å². The number of furan rings is 4. The van der Waals surface area contributed by atoms with Crippen LogP contribution in [0.2, 0.25) is 0 Å². The van der Waals surface area contributed by atoms with Gasteiger partial charge in [0.15, 0.2) is 16.7 Å². The van der Waals surface area contributed by atoms with Gasteiger partial charge in [0.2, 0.25) is 0 Å². The van der Waals surface area contributed by atoms with Gasteiger partial charge < -0.3 is 17.7 Å². The zero-order chi connectivity index (χ0) is 63.0. The Hall–Kier alpha value is -10.4. The monoisotopic (exact) mass is 1190 g/mol. The van der Waals surface area contributed by atoms with Gasteiger partial charge in [0.1, 0.15) is 38.9 Å². The molecule has 16 rings (SSSR count). The third kappa shape index (κ3) is 11.6. The average Bonchev–Trinajstić information content (AvgIpc) is 1.65. The van der Waals surface area contributed by atoms with E-state index in [0.29, 0.717) is 23.7 Å². The molecular formula is C83H74N4O4. The highest BCUT2D eigenvalue weighted by Gasteiger charge is 2.21. The Balaban J connectivity index is 0.000000111. The highest BCUT2D eigenvalue weighted by atomic mass is 16.3. The molecule has 8 aromatic carbocycles. The van der Waals surface area contributed by atoms with Crippen molar-refractivity contribution in [1.82, 2.24) is 19.9 Å². The maximum Gasteiger partial charge on any atom is 0.161 e. The van der Waals surface area contributed by atoms with E-state index >= 15 is 0 Å². The van der Waals surface area contributed by atoms with E-state index in [4.69, 9.17) is 17.7 Å². The second-order valence-electron chi connectivity index (χ2n) is 25.1. The normalized spacial score (nSPS) is 11.6. The number of aromatic nitrogens is 4. The molecule has 0 saturated carbocycles. The third-order valence-corrected chi connectivity index (χ3v) is 17.2. The fourth-order valence-electron chi connectivity index (χ4n) is 12.6. The Morgan fingerprint density at radius 2 is 0.681 bits per heavy atom. The van der Waals surface area contributed by atoms with Gasteiger partial charge in [-0.2, -0.15) is 0 Å². The Labute approximate surface area is 531 Å². The molecule has 8 heteroatoms. The van der Waals surface area contributed by atoms with Crippen molar-refractivity contribution in [3.05, 3.63) is 264 Å². The molecule has 8 heterocycles. The average molecular weight is 1190 g/mol. The number of benzene rings is 8. The summed E-state index contributed by atoms with van der Waals surface area (Å²) in [5.74, 6) is 1.55. The summed E-state index contributed by atoms with van der Waals surface area (Å²) < 4.78 is 25.2. The predicted octanol–water partition coefficient (Wildman–Crippen LogP) is 24.0. The van der Waals surface area contributed by atoms with Crippen molar-refractivity contribution in [3.63, 3.8) is 0 Å². The van der Waals surface area contributed by atoms with Gasteiger partial charge in [-0.25, -0.2) is 0 Å². The summed E-state index contributed by atoms with van der Waals surface area (Å²) >= 11 is 0. The fraction of sp³-hybridized carbons (Fsp3) is 0.181. The topological polar surface area (TPSA) is 104 Å². The summed E-state index contributed by atoms with van der Waals surface area (Å²) in [6, 6.07) is 67.4. The summed E-state index contributed by atoms with van der Waals surface area (Å²) in [5, 5.41) is 6.71. The van der Waals surface area contributed by atoms with Gasteiger partial charge in [-0.15, -0.1) is 0 Å². The molecule has 0 spiro atoms. The Morgan fingerprint density at radius 3 is 1.24 bits per heavy atom. The number of aryl methyl sites for hydroxylation is 3. The molecule has 16 aromatic rings. The molecule has 8 aromatic heterocycles. The second kappa shape index (κ2) is 25.2. The zero-order valence-electron chi connectivity index (χ0n) is 53.6. The van der Waals surface area contributed by atoms with Crippen molar-refractivity contribution in [2.24, 2.45) is 0 Å². The molecule has 91 heavy (non-hydrogen) atoms. The lowest BCUT2D eigenvalue weighted by atomic mass is 10.00. The number of pyridine rings is 4. The number of nitrogens with zero attached hydrogens (tertiary/aromatic N) is 4. The van der Waals surface area contributed by atoms with Gasteiger partial charge in [-0.3, -0.25) is 19.9 Å². The highest BCUT2D eigenvalue weighted by Crippen LogP contribution is 2.42. The van der Waals surface area contributed by atoms with E-state index in [1.54, 1.807) is 0 Å². The standard InChI is InChI=1S/3C21H19NO.C20H17NO/c1-13(2)18-11-22-12-19-17-9-5-8-16(20(17)23-21(18)19)15-7-4-6-14(3)10-15;1-13(2)16-10-11-22-19-18-9-5-8-17(20(18)23-21(16)19)15-7-4-6-14(3)12-15;1-13(2)19-21-18(10-11-22-19)17-9-5-8-16(20(17)23-21)15-7-4-6-14(3)12-15;1-13(2)15-9-6-10-17-18-20(22-19(15)17)16(11-12-21-18)14-7-4-3-5-8-14/h3*4-13H,1-3H3;3-13H,1-2H3. The number of fused-ring (bicyclic) bond motifs is 12. The van der Waals surface area contributed by atoms with E-state index in [2.05, 4.69) is 260 Å². The molecule has 0 N–H and O–H groups in total. The van der Waals surface area contributed by atoms with Gasteiger partial charge in [-0.05, 0) is 103 Å². The lowest BCUT2D eigenvalue weighted by molar-refractivity contribution is 0.651. The van der Waals surface area contributed by atoms with Crippen LogP contribution in [0.25, 0.3) is 133 Å². The molecule has 0 saturated heterocycles. The molecule has 0 unspecified atom stereocenters. The Kier molecular flexibility index (Phi) is 16.5. The lowest BCUT2D eigenvalue weighted by Crippen LogP contribution is -1.91. The summed E-state index contributed by atoms with van der Waals surface area (Å²) in [6.45, 7) is 23.7. The maximum atomic E-state index is 6.33. The first-order chi connectivity index (χ1) is 44.2. The van der Waals surface area contributed by atoms with Crippen LogP contribution in [0.15, 0.2) is 243 Å². The molecule has 8 nitrogen and oxygen atoms in total. The molecule has 0 aliphatic heterocycles. The van der Waals surface area contributed by atoms with Gasteiger partial charge in [-0.1, -0.05) is 236 Å². The molecule has 450 valence electrons. The van der Waals surface area contributed by atoms with Crippen molar-refractivity contribution < 1.29 is 17.7 Å². The first-order valence-corrected chi connectivity index (χ1v) is 31.7. The molecule has 0 aliphatic rings. The van der Waals surface area contributed by atoms with Crippen LogP contribution in [0.1, 0.15) is 118 Å². The van der Waals surface area contributed by atoms with Gasteiger partial charge in [0.05, 0.1) is 5.69 Å². The third-order valence-electron chi connectivity index (χ3n) is 17.2. The number of para-hydroxylation sites is 4. The van der Waals surface area contributed by atoms with Crippen LogP contribution in [-0.4, -0.2) is 19.9 Å². The minimum Gasteiger partial charge on any atom is -0.455 e. The van der Waals surface area contributed by atoms with Crippen LogP contribution in [0.4, 0.5) is 0 Å². The van der Waals surface area contributed by atoms with Crippen molar-refractivity contribution in [2.45, 2.75) is 99.8 Å². The van der Waals surface area contributed by atoms with E-state index in [-0.39, 0.29) is 0 Å². The first-order valence-electron chi connectivity index (χ1n) is 31.7. The highest BCUT2D eigenvalue weighted by molar-refractivity contribution is 6.12. The lowest BCUT2D eigenvalue weighted by Gasteiger charge is -2.04. The van der Waals surface area contributed by atoms with Crippen LogP contribution in [0.3, 0.4) is 0 Å². The van der Waals surface area contributed by atoms with Crippen LogP contribution in [0.5, 0.6) is 0 Å². The number of hydrogen-bond acceptors (Lipinski definition) is 8. The quantitative estimate of drug-likeness (QED) is 0.148. The Bertz CT molecular complexity index is 4910. The molecular weight excluding hydrogens is 1120 g/mol. The van der Waals surface area contributed by atoms with Crippen LogP contribution in [0, 0.1) is 20.8 Å². The molecule has 0 fully saturated rings. The number of rotatable bonds is 8.